The second kappa shape index (κ2) is 6.91. The van der Waals surface area contributed by atoms with E-state index in [0.29, 0.717) is 12.4 Å². The summed E-state index contributed by atoms with van der Waals surface area (Å²) in [6.45, 7) is 10.1. The lowest BCUT2D eigenvalue weighted by molar-refractivity contribution is -0.126. The van der Waals surface area contributed by atoms with E-state index in [2.05, 4.69) is 15.5 Å². The molecule has 5 nitrogen and oxygen atoms in total. The van der Waals surface area contributed by atoms with Gasteiger partial charge in [0.15, 0.2) is 0 Å². The predicted molar refractivity (Wildman–Crippen MR) is 84.8 cm³/mol. The summed E-state index contributed by atoms with van der Waals surface area (Å²) in [4.78, 5) is 14.9. The van der Waals surface area contributed by atoms with Crippen molar-refractivity contribution in [1.29, 1.82) is 0 Å². The lowest BCUT2D eigenvalue weighted by Crippen LogP contribution is -2.58. The monoisotopic (exact) mass is 291 g/mol. The molecule has 116 valence electrons. The first-order chi connectivity index (χ1) is 10.1. The van der Waals surface area contributed by atoms with Crippen LogP contribution in [0.4, 0.5) is 5.69 Å². The van der Waals surface area contributed by atoms with Crippen LogP contribution in [-0.4, -0.2) is 49.1 Å². The fourth-order valence-corrected chi connectivity index (χ4v) is 2.49. The minimum absolute atomic E-state index is 0.00319. The number of anilines is 1. The zero-order valence-corrected chi connectivity index (χ0v) is 13.1. The number of carbonyl (C=O) groups is 1. The number of benzene rings is 1. The Morgan fingerprint density at radius 2 is 2.00 bits per heavy atom. The van der Waals surface area contributed by atoms with E-state index in [1.54, 1.807) is 0 Å². The molecule has 0 spiro atoms. The van der Waals surface area contributed by atoms with Crippen LogP contribution >= 0.6 is 0 Å². The van der Waals surface area contributed by atoms with Gasteiger partial charge in [-0.25, -0.2) is 0 Å². The predicted octanol–water partition coefficient (Wildman–Crippen LogP) is 1.71. The summed E-state index contributed by atoms with van der Waals surface area (Å²) in [5.74, 6) is 0.709. The molecular weight excluding hydrogens is 266 g/mol. The maximum absolute atomic E-state index is 12.7. The molecule has 1 aromatic carbocycles. The topological polar surface area (TPSA) is 53.6 Å². The first kappa shape index (κ1) is 15.8. The molecule has 1 aromatic rings. The van der Waals surface area contributed by atoms with Crippen molar-refractivity contribution in [3.05, 3.63) is 24.3 Å². The Balaban J connectivity index is 2.09. The highest BCUT2D eigenvalue weighted by atomic mass is 16.5. The number of ether oxygens (including phenoxy) is 1. The van der Waals surface area contributed by atoms with Crippen LogP contribution in [0, 0.1) is 0 Å². The Bertz CT molecular complexity index is 482. The number of hydrogen-bond acceptors (Lipinski definition) is 4. The third kappa shape index (κ3) is 3.74. The summed E-state index contributed by atoms with van der Waals surface area (Å²) in [7, 11) is 0. The number of amides is 1. The van der Waals surface area contributed by atoms with Gasteiger partial charge in [0, 0.05) is 26.2 Å². The Labute approximate surface area is 126 Å². The zero-order chi connectivity index (χ0) is 15.3. The molecule has 1 aliphatic heterocycles. The molecule has 2 rings (SSSR count). The smallest absolute Gasteiger partial charge is 0.244 e. The van der Waals surface area contributed by atoms with Crippen LogP contribution in [0.5, 0.6) is 5.75 Å². The van der Waals surface area contributed by atoms with Gasteiger partial charge in [0.25, 0.3) is 0 Å². The van der Waals surface area contributed by atoms with Crippen LogP contribution < -0.4 is 15.4 Å². The lowest BCUT2D eigenvalue weighted by atomic mass is 10.00. The van der Waals surface area contributed by atoms with E-state index < -0.39 is 5.54 Å². The average Bonchev–Trinajstić information content (AvgIpc) is 2.50. The van der Waals surface area contributed by atoms with Crippen LogP contribution in [-0.2, 0) is 4.79 Å². The summed E-state index contributed by atoms with van der Waals surface area (Å²) >= 11 is 0. The molecule has 0 bridgehead atoms. The van der Waals surface area contributed by atoms with Crippen molar-refractivity contribution < 1.29 is 9.53 Å². The van der Waals surface area contributed by atoms with E-state index in [1.807, 2.05) is 45.0 Å². The van der Waals surface area contributed by atoms with E-state index >= 15 is 0 Å². The summed E-state index contributed by atoms with van der Waals surface area (Å²) in [5.41, 5.74) is 0.189. The molecular formula is C16H25N3O2. The first-order valence-corrected chi connectivity index (χ1v) is 7.54. The standard InChI is InChI=1S/C16H25N3O2/c1-4-21-14-8-6-5-7-13(14)18-15(20)16(2,3)19-11-9-17-10-12-19/h5-8,17H,4,9-12H2,1-3H3,(H,18,20). The molecule has 2 N–H and O–H groups in total. The molecule has 1 fully saturated rings. The number of hydrogen-bond donors (Lipinski definition) is 2. The molecule has 0 aromatic heterocycles. The Morgan fingerprint density at radius 3 is 2.67 bits per heavy atom. The van der Waals surface area contributed by atoms with Gasteiger partial charge in [-0.15, -0.1) is 0 Å². The number of nitrogens with zero attached hydrogens (tertiary/aromatic N) is 1. The quantitative estimate of drug-likeness (QED) is 0.867. The minimum Gasteiger partial charge on any atom is -0.492 e. The van der Waals surface area contributed by atoms with Crippen LogP contribution in [0.15, 0.2) is 24.3 Å². The Morgan fingerprint density at radius 1 is 1.33 bits per heavy atom. The maximum atomic E-state index is 12.7. The third-order valence-electron chi connectivity index (χ3n) is 3.90. The molecule has 0 saturated carbocycles. The van der Waals surface area contributed by atoms with Crippen LogP contribution in [0.25, 0.3) is 0 Å². The molecule has 1 saturated heterocycles. The number of para-hydroxylation sites is 2. The van der Waals surface area contributed by atoms with Gasteiger partial charge in [-0.1, -0.05) is 12.1 Å². The zero-order valence-electron chi connectivity index (χ0n) is 13.1. The molecule has 0 atom stereocenters. The van der Waals surface area contributed by atoms with Crippen LogP contribution in [0.2, 0.25) is 0 Å². The van der Waals surface area contributed by atoms with Crippen molar-refractivity contribution in [1.82, 2.24) is 10.2 Å². The second-order valence-electron chi connectivity index (χ2n) is 5.68. The van der Waals surface area contributed by atoms with E-state index in [1.165, 1.54) is 0 Å². The fraction of sp³-hybridized carbons (Fsp3) is 0.562. The highest BCUT2D eigenvalue weighted by Gasteiger charge is 2.35. The largest absolute Gasteiger partial charge is 0.492 e. The summed E-state index contributed by atoms with van der Waals surface area (Å²) in [6, 6.07) is 7.55. The average molecular weight is 291 g/mol. The molecule has 21 heavy (non-hydrogen) atoms. The van der Waals surface area contributed by atoms with E-state index in [0.717, 1.165) is 31.9 Å². The Kier molecular flexibility index (Phi) is 5.20. The second-order valence-corrected chi connectivity index (χ2v) is 5.68. The van der Waals surface area contributed by atoms with Crippen molar-refractivity contribution >= 4 is 11.6 Å². The van der Waals surface area contributed by atoms with Gasteiger partial charge in [0.1, 0.15) is 5.75 Å². The minimum atomic E-state index is -0.540. The molecule has 1 aliphatic rings. The van der Waals surface area contributed by atoms with E-state index in [-0.39, 0.29) is 5.91 Å². The van der Waals surface area contributed by atoms with Crippen molar-refractivity contribution in [2.75, 3.05) is 38.1 Å². The van der Waals surface area contributed by atoms with Crippen molar-refractivity contribution in [3.63, 3.8) is 0 Å². The van der Waals surface area contributed by atoms with E-state index in [4.69, 9.17) is 4.74 Å². The Hall–Kier alpha value is -1.59. The number of rotatable bonds is 5. The van der Waals surface area contributed by atoms with Gasteiger partial charge in [0.2, 0.25) is 5.91 Å². The van der Waals surface area contributed by atoms with Gasteiger partial charge in [-0.05, 0) is 32.9 Å². The number of piperazine rings is 1. The summed E-state index contributed by atoms with van der Waals surface area (Å²) < 4.78 is 5.56. The van der Waals surface area contributed by atoms with Crippen molar-refractivity contribution in [2.45, 2.75) is 26.3 Å². The SMILES string of the molecule is CCOc1ccccc1NC(=O)C(C)(C)N1CCNCC1. The van der Waals surface area contributed by atoms with Gasteiger partial charge in [-0.2, -0.15) is 0 Å². The van der Waals surface area contributed by atoms with Gasteiger partial charge in [0.05, 0.1) is 17.8 Å². The van der Waals surface area contributed by atoms with Gasteiger partial charge >= 0.3 is 0 Å². The molecule has 1 heterocycles. The normalized spacial score (nSPS) is 16.5. The van der Waals surface area contributed by atoms with Crippen LogP contribution in [0.3, 0.4) is 0 Å². The summed E-state index contributed by atoms with van der Waals surface area (Å²) in [6.07, 6.45) is 0. The number of nitrogens with one attached hydrogen (secondary N) is 2. The van der Waals surface area contributed by atoms with Crippen molar-refractivity contribution in [2.24, 2.45) is 0 Å². The molecule has 0 radical (unpaired) electrons. The molecule has 5 heteroatoms. The van der Waals surface area contributed by atoms with Crippen LogP contribution in [0.1, 0.15) is 20.8 Å². The van der Waals surface area contributed by atoms with E-state index in [9.17, 15) is 4.79 Å². The molecule has 0 unspecified atom stereocenters. The van der Waals surface area contributed by atoms with Gasteiger partial charge < -0.3 is 15.4 Å². The fourth-order valence-electron chi connectivity index (χ4n) is 2.49. The molecule has 1 amide bonds. The highest BCUT2D eigenvalue weighted by Crippen LogP contribution is 2.26. The lowest BCUT2D eigenvalue weighted by Gasteiger charge is -2.39. The first-order valence-electron chi connectivity index (χ1n) is 7.54. The highest BCUT2D eigenvalue weighted by molar-refractivity contribution is 5.98. The third-order valence-corrected chi connectivity index (χ3v) is 3.90. The van der Waals surface area contributed by atoms with Crippen molar-refractivity contribution in [3.8, 4) is 5.75 Å². The van der Waals surface area contributed by atoms with Gasteiger partial charge in [-0.3, -0.25) is 9.69 Å². The molecule has 0 aliphatic carbocycles. The number of carbonyl (C=O) groups excluding carboxylic acids is 1. The maximum Gasteiger partial charge on any atom is 0.244 e. The summed E-state index contributed by atoms with van der Waals surface area (Å²) in [5, 5.41) is 6.31.